The van der Waals surface area contributed by atoms with Crippen molar-refractivity contribution in [2.24, 2.45) is 0 Å². The van der Waals surface area contributed by atoms with Crippen LogP contribution in [0.15, 0.2) is 36.4 Å². The maximum atomic E-state index is 11.4. The fourth-order valence-corrected chi connectivity index (χ4v) is 2.09. The van der Waals surface area contributed by atoms with Gasteiger partial charge in [-0.3, -0.25) is 4.79 Å². The van der Waals surface area contributed by atoms with Gasteiger partial charge < -0.3 is 0 Å². The molecule has 0 spiro atoms. The molecule has 0 unspecified atom stereocenters. The van der Waals surface area contributed by atoms with E-state index < -0.39 is 0 Å². The highest BCUT2D eigenvalue weighted by Crippen LogP contribution is 2.22. The molecule has 0 aliphatic carbocycles. The van der Waals surface area contributed by atoms with E-state index in [9.17, 15) is 4.79 Å². The fourth-order valence-electron chi connectivity index (χ4n) is 1.33. The van der Waals surface area contributed by atoms with E-state index in [1.165, 1.54) is 11.5 Å². The molecule has 0 aliphatic heterocycles. The lowest BCUT2D eigenvalue weighted by Crippen LogP contribution is -1.90. The van der Waals surface area contributed by atoms with Crippen molar-refractivity contribution >= 4 is 17.3 Å². The normalized spacial score (nSPS) is 10.2. The summed E-state index contributed by atoms with van der Waals surface area (Å²) >= 11 is 1.28. The molecule has 15 heavy (non-hydrogen) atoms. The van der Waals surface area contributed by atoms with Crippen molar-refractivity contribution in [1.82, 2.24) is 4.37 Å². The monoisotopic (exact) mass is 217 g/mol. The highest BCUT2D eigenvalue weighted by Gasteiger charge is 2.09. The molecule has 0 aliphatic rings. The number of hydrogen-bond donors (Lipinski definition) is 0. The highest BCUT2D eigenvalue weighted by molar-refractivity contribution is 7.08. The SMILES string of the molecule is CCC(=O)c1cc(-c2ccccc2)ns1. The number of hydrogen-bond acceptors (Lipinski definition) is 3. The zero-order valence-electron chi connectivity index (χ0n) is 8.43. The molecule has 0 bridgehead atoms. The van der Waals surface area contributed by atoms with Crippen LogP contribution in [0.4, 0.5) is 0 Å². The predicted molar refractivity (Wildman–Crippen MR) is 62.2 cm³/mol. The van der Waals surface area contributed by atoms with Gasteiger partial charge in [-0.15, -0.1) is 0 Å². The first-order valence-corrected chi connectivity index (χ1v) is 5.64. The third-order valence-corrected chi connectivity index (χ3v) is 3.01. The van der Waals surface area contributed by atoms with Crippen LogP contribution >= 0.6 is 11.5 Å². The molecule has 76 valence electrons. The van der Waals surface area contributed by atoms with Crippen molar-refractivity contribution < 1.29 is 4.79 Å². The van der Waals surface area contributed by atoms with E-state index in [0.29, 0.717) is 6.42 Å². The first-order valence-electron chi connectivity index (χ1n) is 4.86. The topological polar surface area (TPSA) is 30.0 Å². The van der Waals surface area contributed by atoms with Crippen LogP contribution in [0.25, 0.3) is 11.3 Å². The van der Waals surface area contributed by atoms with Gasteiger partial charge in [-0.05, 0) is 17.6 Å². The van der Waals surface area contributed by atoms with Gasteiger partial charge in [-0.1, -0.05) is 37.3 Å². The summed E-state index contributed by atoms with van der Waals surface area (Å²) in [5.74, 6) is 0.162. The van der Waals surface area contributed by atoms with Crippen LogP contribution in [0.5, 0.6) is 0 Å². The second-order valence-electron chi connectivity index (χ2n) is 3.22. The summed E-state index contributed by atoms with van der Waals surface area (Å²) in [5.41, 5.74) is 1.95. The molecular formula is C12H11NOS. The van der Waals surface area contributed by atoms with E-state index in [4.69, 9.17) is 0 Å². The zero-order valence-corrected chi connectivity index (χ0v) is 9.25. The standard InChI is InChI=1S/C12H11NOS/c1-2-11(14)12-8-10(13-15-12)9-6-4-3-5-7-9/h3-8H,2H2,1H3. The molecule has 0 saturated heterocycles. The fraction of sp³-hybridized carbons (Fsp3) is 0.167. The third kappa shape index (κ3) is 2.13. The summed E-state index contributed by atoms with van der Waals surface area (Å²) in [4.78, 5) is 12.2. The Morgan fingerprint density at radius 2 is 2.07 bits per heavy atom. The Balaban J connectivity index is 2.32. The third-order valence-electron chi connectivity index (χ3n) is 2.18. The van der Waals surface area contributed by atoms with Gasteiger partial charge in [0.05, 0.1) is 10.6 Å². The minimum absolute atomic E-state index is 0.162. The number of carbonyl (C=O) groups excluding carboxylic acids is 1. The highest BCUT2D eigenvalue weighted by atomic mass is 32.1. The van der Waals surface area contributed by atoms with E-state index in [1.54, 1.807) is 0 Å². The Bertz CT molecular complexity index is 461. The van der Waals surface area contributed by atoms with E-state index in [1.807, 2.05) is 43.3 Å². The molecule has 2 rings (SSSR count). The summed E-state index contributed by atoms with van der Waals surface area (Å²) in [6, 6.07) is 11.8. The number of aromatic nitrogens is 1. The second-order valence-corrected chi connectivity index (χ2v) is 4.02. The lowest BCUT2D eigenvalue weighted by Gasteiger charge is -1.93. The first-order chi connectivity index (χ1) is 7.31. The van der Waals surface area contributed by atoms with E-state index in [-0.39, 0.29) is 5.78 Å². The van der Waals surface area contributed by atoms with Crippen molar-refractivity contribution in [1.29, 1.82) is 0 Å². The number of nitrogens with zero attached hydrogens (tertiary/aromatic N) is 1. The minimum Gasteiger partial charge on any atom is -0.293 e. The van der Waals surface area contributed by atoms with Gasteiger partial charge >= 0.3 is 0 Å². The lowest BCUT2D eigenvalue weighted by molar-refractivity contribution is 0.0992. The molecule has 0 N–H and O–H groups in total. The number of benzene rings is 1. The van der Waals surface area contributed by atoms with Crippen molar-refractivity contribution in [3.8, 4) is 11.3 Å². The molecule has 1 aromatic carbocycles. The summed E-state index contributed by atoms with van der Waals surface area (Å²) in [5, 5.41) is 0. The van der Waals surface area contributed by atoms with E-state index in [2.05, 4.69) is 4.37 Å². The Kier molecular flexibility index (Phi) is 2.92. The number of ketones is 1. The number of carbonyl (C=O) groups is 1. The molecule has 0 saturated carbocycles. The number of Topliss-reactive ketones (excluding diaryl/α,β-unsaturated/α-hetero) is 1. The van der Waals surface area contributed by atoms with Crippen LogP contribution in [-0.4, -0.2) is 10.2 Å². The van der Waals surface area contributed by atoms with Crippen LogP contribution in [0.3, 0.4) is 0 Å². The molecule has 3 heteroatoms. The maximum Gasteiger partial charge on any atom is 0.174 e. The number of rotatable bonds is 3. The van der Waals surface area contributed by atoms with Crippen LogP contribution in [0.1, 0.15) is 23.0 Å². The van der Waals surface area contributed by atoms with Crippen LogP contribution in [0.2, 0.25) is 0 Å². The Morgan fingerprint density at radius 3 is 2.73 bits per heavy atom. The molecule has 0 amide bonds. The summed E-state index contributed by atoms with van der Waals surface area (Å²) in [6.07, 6.45) is 0.538. The molecule has 0 atom stereocenters. The Morgan fingerprint density at radius 1 is 1.33 bits per heavy atom. The van der Waals surface area contributed by atoms with Crippen LogP contribution in [-0.2, 0) is 0 Å². The van der Waals surface area contributed by atoms with Gasteiger partial charge in [0.1, 0.15) is 0 Å². The van der Waals surface area contributed by atoms with Gasteiger partial charge in [-0.25, -0.2) is 0 Å². The quantitative estimate of drug-likeness (QED) is 0.737. The van der Waals surface area contributed by atoms with Crippen molar-refractivity contribution in [2.45, 2.75) is 13.3 Å². The first kappa shape index (κ1) is 10.1. The summed E-state index contributed by atoms with van der Waals surface area (Å²) < 4.78 is 4.28. The van der Waals surface area contributed by atoms with Gasteiger partial charge in [-0.2, -0.15) is 4.37 Å². The Hall–Kier alpha value is -1.48. The van der Waals surface area contributed by atoms with Gasteiger partial charge in [0, 0.05) is 12.0 Å². The van der Waals surface area contributed by atoms with Crippen molar-refractivity contribution in [2.75, 3.05) is 0 Å². The molecule has 1 aromatic heterocycles. The van der Waals surface area contributed by atoms with Crippen molar-refractivity contribution in [3.05, 3.63) is 41.3 Å². The van der Waals surface area contributed by atoms with E-state index in [0.717, 1.165) is 16.1 Å². The maximum absolute atomic E-state index is 11.4. The minimum atomic E-state index is 0.162. The molecule has 0 radical (unpaired) electrons. The lowest BCUT2D eigenvalue weighted by atomic mass is 10.1. The predicted octanol–water partition coefficient (Wildman–Crippen LogP) is 3.40. The van der Waals surface area contributed by atoms with Crippen LogP contribution in [0, 0.1) is 0 Å². The average Bonchev–Trinajstić information content (AvgIpc) is 2.78. The van der Waals surface area contributed by atoms with Crippen molar-refractivity contribution in [3.63, 3.8) is 0 Å². The summed E-state index contributed by atoms with van der Waals surface area (Å²) in [6.45, 7) is 1.87. The molecule has 1 heterocycles. The molecule has 2 aromatic rings. The van der Waals surface area contributed by atoms with Gasteiger partial charge in [0.25, 0.3) is 0 Å². The zero-order chi connectivity index (χ0) is 10.7. The molecule has 2 nitrogen and oxygen atoms in total. The smallest absolute Gasteiger partial charge is 0.174 e. The van der Waals surface area contributed by atoms with E-state index >= 15 is 0 Å². The van der Waals surface area contributed by atoms with Gasteiger partial charge in [0.2, 0.25) is 0 Å². The summed E-state index contributed by atoms with van der Waals surface area (Å²) in [7, 11) is 0. The second kappa shape index (κ2) is 4.36. The largest absolute Gasteiger partial charge is 0.293 e. The molecule has 0 fully saturated rings. The molecular weight excluding hydrogens is 206 g/mol. The average molecular weight is 217 g/mol. The van der Waals surface area contributed by atoms with Gasteiger partial charge in [0.15, 0.2) is 5.78 Å². The van der Waals surface area contributed by atoms with Crippen LogP contribution < -0.4 is 0 Å². The Labute approximate surface area is 92.7 Å².